The van der Waals surface area contributed by atoms with Crippen molar-refractivity contribution >= 4 is 30.0 Å². The van der Waals surface area contributed by atoms with Crippen LogP contribution in [0.1, 0.15) is 46.5 Å². The zero-order chi connectivity index (χ0) is 16.9. The second-order valence-electron chi connectivity index (χ2n) is 7.56. The quantitative estimate of drug-likeness (QED) is 0.346. The fourth-order valence-corrected chi connectivity index (χ4v) is 7.03. The van der Waals surface area contributed by atoms with Gasteiger partial charge in [0.2, 0.25) is 0 Å². The van der Waals surface area contributed by atoms with Crippen molar-refractivity contribution in [3.8, 4) is 0 Å². The summed E-state index contributed by atoms with van der Waals surface area (Å²) in [5.41, 5.74) is 0. The highest BCUT2D eigenvalue weighted by Gasteiger charge is 2.40. The molecule has 0 spiro atoms. The van der Waals surface area contributed by atoms with Crippen molar-refractivity contribution in [3.63, 3.8) is 0 Å². The molecule has 0 aromatic carbocycles. The molecule has 1 aliphatic heterocycles. The summed E-state index contributed by atoms with van der Waals surface area (Å²) in [4.78, 5) is 12.5. The Hall–Kier alpha value is -0.133. The number of unbranched alkanes of at least 4 members (excludes halogenated alkanes) is 1. The van der Waals surface area contributed by atoms with E-state index < -0.39 is 14.2 Å². The Morgan fingerprint density at radius 3 is 2.55 bits per heavy atom. The van der Waals surface area contributed by atoms with Crippen LogP contribution in [0.4, 0.5) is 0 Å². The van der Waals surface area contributed by atoms with E-state index in [1.807, 2.05) is 0 Å². The van der Waals surface area contributed by atoms with Gasteiger partial charge in [0, 0.05) is 6.42 Å². The number of carbonyl (C=O) groups excluding carboxylic acids is 1. The maximum atomic E-state index is 12.5. The third-order valence-electron chi connectivity index (χ3n) is 3.79. The van der Waals surface area contributed by atoms with Crippen molar-refractivity contribution in [2.75, 3.05) is 6.61 Å². The SMILES string of the molecule is CCCCOC(=O)[C@@H]1O[C@@H](CC(C)C)CC(Br)=C1[Si](C)(C)C. The molecular weight excluding hydrogens is 360 g/mol. The molecule has 0 bridgehead atoms. The van der Waals surface area contributed by atoms with E-state index in [2.05, 4.69) is 56.3 Å². The van der Waals surface area contributed by atoms with E-state index in [-0.39, 0.29) is 12.1 Å². The molecule has 22 heavy (non-hydrogen) atoms. The molecule has 0 saturated heterocycles. The zero-order valence-corrected chi connectivity index (χ0v) is 17.5. The Kier molecular flexibility index (Phi) is 7.82. The number of carbonyl (C=O) groups is 1. The number of hydrogen-bond acceptors (Lipinski definition) is 3. The second kappa shape index (κ2) is 8.64. The largest absolute Gasteiger partial charge is 0.464 e. The fraction of sp³-hybridized carbons (Fsp3) is 0.824. The monoisotopic (exact) mass is 390 g/mol. The molecule has 0 fully saturated rings. The lowest BCUT2D eigenvalue weighted by Crippen LogP contribution is -2.45. The molecule has 0 aromatic rings. The molecule has 3 nitrogen and oxygen atoms in total. The van der Waals surface area contributed by atoms with E-state index in [0.29, 0.717) is 12.5 Å². The third-order valence-corrected chi connectivity index (χ3v) is 7.09. The third kappa shape index (κ3) is 5.82. The van der Waals surface area contributed by atoms with Gasteiger partial charge in [0.1, 0.15) is 0 Å². The van der Waals surface area contributed by atoms with Crippen molar-refractivity contribution in [2.45, 2.75) is 78.3 Å². The summed E-state index contributed by atoms with van der Waals surface area (Å²) in [6.45, 7) is 13.7. The summed E-state index contributed by atoms with van der Waals surface area (Å²) in [5.74, 6) is 0.340. The van der Waals surface area contributed by atoms with Gasteiger partial charge in [0.05, 0.1) is 20.8 Å². The van der Waals surface area contributed by atoms with Crippen molar-refractivity contribution in [1.82, 2.24) is 0 Å². The predicted molar refractivity (Wildman–Crippen MR) is 97.9 cm³/mol. The van der Waals surface area contributed by atoms with Gasteiger partial charge in [-0.05, 0) is 28.4 Å². The molecule has 0 radical (unpaired) electrons. The van der Waals surface area contributed by atoms with Gasteiger partial charge in [-0.15, -0.1) is 0 Å². The zero-order valence-electron chi connectivity index (χ0n) is 14.9. The molecule has 1 aliphatic rings. The summed E-state index contributed by atoms with van der Waals surface area (Å²) in [6.07, 6.45) is 3.34. The summed E-state index contributed by atoms with van der Waals surface area (Å²) in [6, 6.07) is 0. The lowest BCUT2D eigenvalue weighted by atomic mass is 10.0. The van der Waals surface area contributed by atoms with Gasteiger partial charge in [-0.25, -0.2) is 4.79 Å². The van der Waals surface area contributed by atoms with Crippen molar-refractivity contribution in [1.29, 1.82) is 0 Å². The van der Waals surface area contributed by atoms with Crippen LogP contribution in [0.25, 0.3) is 0 Å². The van der Waals surface area contributed by atoms with Crippen LogP contribution in [0.2, 0.25) is 19.6 Å². The van der Waals surface area contributed by atoms with Crippen LogP contribution in [-0.4, -0.2) is 32.9 Å². The van der Waals surface area contributed by atoms with Crippen LogP contribution < -0.4 is 0 Å². The molecular formula is C17H31BrO3Si. The molecule has 0 N–H and O–H groups in total. The van der Waals surface area contributed by atoms with Gasteiger partial charge in [0.15, 0.2) is 6.10 Å². The predicted octanol–water partition coefficient (Wildman–Crippen LogP) is 5.06. The van der Waals surface area contributed by atoms with E-state index in [9.17, 15) is 4.79 Å². The molecule has 0 unspecified atom stereocenters. The van der Waals surface area contributed by atoms with Crippen LogP contribution in [-0.2, 0) is 14.3 Å². The minimum atomic E-state index is -1.66. The Labute approximate surface area is 145 Å². The van der Waals surface area contributed by atoms with Crippen LogP contribution in [0, 0.1) is 5.92 Å². The molecule has 1 heterocycles. The van der Waals surface area contributed by atoms with Crippen LogP contribution in [0.15, 0.2) is 9.68 Å². The van der Waals surface area contributed by atoms with Crippen molar-refractivity contribution in [3.05, 3.63) is 9.68 Å². The summed E-state index contributed by atoms with van der Waals surface area (Å²) in [7, 11) is -1.66. The minimum Gasteiger partial charge on any atom is -0.464 e. The maximum absolute atomic E-state index is 12.5. The Morgan fingerprint density at radius 2 is 2.05 bits per heavy atom. The topological polar surface area (TPSA) is 35.5 Å². The van der Waals surface area contributed by atoms with E-state index >= 15 is 0 Å². The number of halogens is 1. The van der Waals surface area contributed by atoms with Crippen LogP contribution >= 0.6 is 15.9 Å². The lowest BCUT2D eigenvalue weighted by Gasteiger charge is -2.37. The Balaban J connectivity index is 2.95. The number of rotatable bonds is 7. The van der Waals surface area contributed by atoms with E-state index in [4.69, 9.17) is 9.47 Å². The molecule has 0 amide bonds. The molecule has 1 rings (SSSR count). The fourth-order valence-electron chi connectivity index (χ4n) is 2.79. The lowest BCUT2D eigenvalue weighted by molar-refractivity contribution is -0.159. The van der Waals surface area contributed by atoms with Gasteiger partial charge >= 0.3 is 5.97 Å². The van der Waals surface area contributed by atoms with Crippen molar-refractivity contribution < 1.29 is 14.3 Å². The first-order valence-corrected chi connectivity index (χ1v) is 12.7. The molecule has 2 atom stereocenters. The van der Waals surface area contributed by atoms with Gasteiger partial charge in [-0.1, -0.05) is 62.8 Å². The van der Waals surface area contributed by atoms with Gasteiger partial charge in [0.25, 0.3) is 0 Å². The number of ether oxygens (including phenoxy) is 2. The first kappa shape index (κ1) is 19.9. The standard InChI is InChI=1S/C17H31BrO3Si/c1-7-8-9-20-17(19)15-16(22(4,5)6)14(18)11-13(21-15)10-12(2)3/h12-13,15H,7-11H2,1-6H3/t13-,15+/m0/s1. The van der Waals surface area contributed by atoms with Crippen LogP contribution in [0.3, 0.4) is 0 Å². The summed E-state index contributed by atoms with van der Waals surface area (Å²) < 4.78 is 12.8. The van der Waals surface area contributed by atoms with Gasteiger partial charge in [-0.2, -0.15) is 0 Å². The van der Waals surface area contributed by atoms with E-state index in [0.717, 1.165) is 30.9 Å². The Morgan fingerprint density at radius 1 is 1.41 bits per heavy atom. The minimum absolute atomic E-state index is 0.0956. The average Bonchev–Trinajstić information content (AvgIpc) is 2.35. The molecule has 0 aliphatic carbocycles. The molecule has 0 saturated carbocycles. The summed E-state index contributed by atoms with van der Waals surface area (Å²) in [5, 5.41) is 1.16. The van der Waals surface area contributed by atoms with E-state index in [1.54, 1.807) is 0 Å². The highest BCUT2D eigenvalue weighted by Crippen LogP contribution is 2.37. The highest BCUT2D eigenvalue weighted by atomic mass is 79.9. The molecule has 5 heteroatoms. The van der Waals surface area contributed by atoms with E-state index in [1.165, 1.54) is 4.48 Å². The Bertz CT molecular complexity index is 413. The maximum Gasteiger partial charge on any atom is 0.339 e. The highest BCUT2D eigenvalue weighted by molar-refractivity contribution is 9.11. The number of esters is 1. The molecule has 0 aromatic heterocycles. The number of hydrogen-bond donors (Lipinski definition) is 0. The normalized spacial score (nSPS) is 23.1. The molecule has 128 valence electrons. The van der Waals surface area contributed by atoms with Crippen LogP contribution in [0.5, 0.6) is 0 Å². The summed E-state index contributed by atoms with van der Waals surface area (Å²) >= 11 is 3.74. The first-order valence-electron chi connectivity index (χ1n) is 8.37. The van der Waals surface area contributed by atoms with Gasteiger partial charge in [-0.3, -0.25) is 0 Å². The van der Waals surface area contributed by atoms with Crippen molar-refractivity contribution in [2.24, 2.45) is 5.92 Å². The average molecular weight is 391 g/mol. The second-order valence-corrected chi connectivity index (χ2v) is 13.6. The first-order chi connectivity index (χ1) is 10.2. The smallest absolute Gasteiger partial charge is 0.339 e. The van der Waals surface area contributed by atoms with Gasteiger partial charge < -0.3 is 9.47 Å².